The average molecular weight is 483 g/mol. The van der Waals surface area contributed by atoms with E-state index in [9.17, 15) is 9.18 Å². The second kappa shape index (κ2) is 13.9. The molecule has 188 valence electrons. The fourth-order valence-corrected chi connectivity index (χ4v) is 3.18. The fraction of sp³-hybridized carbons (Fsp3) is 0.296. The van der Waals surface area contributed by atoms with Crippen LogP contribution in [0.5, 0.6) is 0 Å². The van der Waals surface area contributed by atoms with Crippen LogP contribution in [0.4, 0.5) is 10.1 Å². The minimum absolute atomic E-state index is 0.0330. The lowest BCUT2D eigenvalue weighted by Gasteiger charge is -2.21. The molecule has 0 atom stereocenters. The number of aryl methyl sites for hydroxylation is 1. The molecule has 0 unspecified atom stereocenters. The Morgan fingerprint density at radius 2 is 1.74 bits per heavy atom. The molecule has 0 aliphatic carbocycles. The van der Waals surface area contributed by atoms with E-state index < -0.39 is 5.82 Å². The molecule has 0 aliphatic rings. The summed E-state index contributed by atoms with van der Waals surface area (Å²) in [5.74, 6) is -0.651. The Balaban J connectivity index is 0.000000523. The maximum Gasteiger partial charge on any atom is 0.269 e. The van der Waals surface area contributed by atoms with Crippen molar-refractivity contribution >= 4 is 18.4 Å². The summed E-state index contributed by atoms with van der Waals surface area (Å²) in [4.78, 5) is 23.9. The van der Waals surface area contributed by atoms with Gasteiger partial charge in [-0.25, -0.2) is 4.39 Å². The van der Waals surface area contributed by atoms with Gasteiger partial charge < -0.3 is 26.3 Å². The van der Waals surface area contributed by atoms with Crippen LogP contribution in [-0.4, -0.2) is 44.0 Å². The number of hydrogen-bond acceptors (Lipinski definition) is 6. The standard InChI is InChI=1S/C20H18FN3O.C6H15NO.CH2O/c1-12-8-17(21)18(22)11-16(12)15-5-3-4-13(9-15)14-6-7-24-19(10-14)20(25)23-2;1-6(2,8-3)4-5-7;1-2/h3-11H,22H2,1-2H3,(H,23,25);4-5,7H2,1-3H3;1H2. The van der Waals surface area contributed by atoms with Crippen molar-refractivity contribution in [3.63, 3.8) is 0 Å². The quantitative estimate of drug-likeness (QED) is 0.449. The Kier molecular flexibility index (Phi) is 11.7. The molecular formula is C27H35FN4O3. The highest BCUT2D eigenvalue weighted by atomic mass is 19.1. The molecule has 0 bridgehead atoms. The normalized spacial score (nSPS) is 10.4. The first-order chi connectivity index (χ1) is 16.6. The van der Waals surface area contributed by atoms with E-state index in [1.54, 1.807) is 32.5 Å². The van der Waals surface area contributed by atoms with Gasteiger partial charge in [-0.15, -0.1) is 0 Å². The highest BCUT2D eigenvalue weighted by Gasteiger charge is 2.13. The molecule has 0 aliphatic heterocycles. The largest absolute Gasteiger partial charge is 0.396 e. The van der Waals surface area contributed by atoms with Crippen molar-refractivity contribution in [3.05, 3.63) is 71.8 Å². The van der Waals surface area contributed by atoms with Gasteiger partial charge in [-0.3, -0.25) is 9.78 Å². The predicted molar refractivity (Wildman–Crippen MR) is 139 cm³/mol. The Labute approximate surface area is 206 Å². The molecule has 0 spiro atoms. The second-order valence-corrected chi connectivity index (χ2v) is 8.28. The number of nitrogens with two attached hydrogens (primary N) is 2. The third-order valence-corrected chi connectivity index (χ3v) is 5.37. The molecule has 0 fully saturated rings. The fourth-order valence-electron chi connectivity index (χ4n) is 3.18. The third-order valence-electron chi connectivity index (χ3n) is 5.37. The molecule has 1 aromatic heterocycles. The topological polar surface area (TPSA) is 120 Å². The lowest BCUT2D eigenvalue weighted by atomic mass is 9.96. The van der Waals surface area contributed by atoms with Crippen molar-refractivity contribution in [3.8, 4) is 22.3 Å². The van der Waals surface area contributed by atoms with Gasteiger partial charge in [0.25, 0.3) is 5.91 Å². The average Bonchev–Trinajstić information content (AvgIpc) is 2.87. The van der Waals surface area contributed by atoms with Gasteiger partial charge in [0.1, 0.15) is 18.3 Å². The zero-order valence-electron chi connectivity index (χ0n) is 21.0. The Morgan fingerprint density at radius 1 is 1.11 bits per heavy atom. The highest BCUT2D eigenvalue weighted by molar-refractivity contribution is 5.93. The van der Waals surface area contributed by atoms with Gasteiger partial charge in [0, 0.05) is 20.4 Å². The molecule has 5 N–H and O–H groups in total. The van der Waals surface area contributed by atoms with E-state index in [1.165, 1.54) is 6.07 Å². The smallest absolute Gasteiger partial charge is 0.269 e. The number of benzene rings is 2. The molecule has 3 rings (SSSR count). The molecule has 7 nitrogen and oxygen atoms in total. The van der Waals surface area contributed by atoms with Gasteiger partial charge in [0.15, 0.2) is 0 Å². The summed E-state index contributed by atoms with van der Waals surface area (Å²) in [5, 5.41) is 2.57. The first-order valence-electron chi connectivity index (χ1n) is 11.0. The highest BCUT2D eigenvalue weighted by Crippen LogP contribution is 2.31. The van der Waals surface area contributed by atoms with E-state index in [-0.39, 0.29) is 17.2 Å². The number of carbonyl (C=O) groups is 2. The Bertz CT molecular complexity index is 1120. The van der Waals surface area contributed by atoms with Crippen molar-refractivity contribution in [2.75, 3.05) is 26.4 Å². The molecule has 0 radical (unpaired) electrons. The van der Waals surface area contributed by atoms with Gasteiger partial charge in [-0.2, -0.15) is 0 Å². The number of rotatable bonds is 6. The zero-order valence-corrected chi connectivity index (χ0v) is 21.0. The van der Waals surface area contributed by atoms with Crippen LogP contribution >= 0.6 is 0 Å². The number of carbonyl (C=O) groups excluding carboxylic acids is 2. The number of amides is 1. The maximum absolute atomic E-state index is 13.6. The number of methoxy groups -OCH3 is 1. The summed E-state index contributed by atoms with van der Waals surface area (Å²) in [6.45, 7) is 8.60. The van der Waals surface area contributed by atoms with Crippen LogP contribution in [0.15, 0.2) is 54.7 Å². The van der Waals surface area contributed by atoms with E-state index in [0.29, 0.717) is 12.2 Å². The molecule has 3 aromatic rings. The van der Waals surface area contributed by atoms with Crippen molar-refractivity contribution in [1.82, 2.24) is 10.3 Å². The number of pyridine rings is 1. The molecule has 1 heterocycles. The third kappa shape index (κ3) is 8.59. The van der Waals surface area contributed by atoms with Crippen LogP contribution < -0.4 is 16.8 Å². The van der Waals surface area contributed by atoms with Crippen LogP contribution in [0.1, 0.15) is 36.3 Å². The van der Waals surface area contributed by atoms with Crippen molar-refractivity contribution in [2.45, 2.75) is 32.8 Å². The number of hydrogen-bond donors (Lipinski definition) is 3. The Morgan fingerprint density at radius 3 is 2.31 bits per heavy atom. The summed E-state index contributed by atoms with van der Waals surface area (Å²) >= 11 is 0. The van der Waals surface area contributed by atoms with Crippen molar-refractivity contribution in [2.24, 2.45) is 5.73 Å². The second-order valence-electron chi connectivity index (χ2n) is 8.28. The lowest BCUT2D eigenvalue weighted by Crippen LogP contribution is -2.25. The van der Waals surface area contributed by atoms with Crippen LogP contribution in [0.25, 0.3) is 22.3 Å². The van der Waals surface area contributed by atoms with E-state index in [2.05, 4.69) is 10.3 Å². The molecular weight excluding hydrogens is 447 g/mol. The number of nitrogen functional groups attached to an aromatic ring is 1. The maximum atomic E-state index is 13.6. The first-order valence-corrected chi connectivity index (χ1v) is 11.0. The van der Waals surface area contributed by atoms with E-state index >= 15 is 0 Å². The van der Waals surface area contributed by atoms with Gasteiger partial charge in [0.2, 0.25) is 0 Å². The molecule has 1 amide bonds. The summed E-state index contributed by atoms with van der Waals surface area (Å²) in [5.41, 5.74) is 15.9. The van der Waals surface area contributed by atoms with Crippen LogP contribution in [-0.2, 0) is 9.53 Å². The van der Waals surface area contributed by atoms with Crippen LogP contribution in [0, 0.1) is 12.7 Å². The molecule has 35 heavy (non-hydrogen) atoms. The number of nitrogens with zero attached hydrogens (tertiary/aromatic N) is 1. The minimum Gasteiger partial charge on any atom is -0.396 e. The number of anilines is 1. The summed E-state index contributed by atoms with van der Waals surface area (Å²) in [7, 11) is 3.27. The lowest BCUT2D eigenvalue weighted by molar-refractivity contribution is -0.0980. The van der Waals surface area contributed by atoms with Crippen molar-refractivity contribution < 1.29 is 18.7 Å². The summed E-state index contributed by atoms with van der Waals surface area (Å²) < 4.78 is 18.7. The minimum atomic E-state index is -0.415. The SMILES string of the molecule is C=O.CNC(=O)c1cc(-c2cccc(-c3cc(N)c(F)cc3C)c2)ccn1.COC(C)(C)CCN. The summed E-state index contributed by atoms with van der Waals surface area (Å²) in [6.07, 6.45) is 2.53. The molecule has 2 aromatic carbocycles. The van der Waals surface area contributed by atoms with E-state index in [1.807, 2.05) is 57.9 Å². The first kappa shape index (κ1) is 29.4. The molecule has 8 heteroatoms. The van der Waals surface area contributed by atoms with Crippen LogP contribution in [0.2, 0.25) is 0 Å². The molecule has 0 saturated carbocycles. The van der Waals surface area contributed by atoms with Gasteiger partial charge >= 0.3 is 0 Å². The van der Waals surface area contributed by atoms with Crippen LogP contribution in [0.3, 0.4) is 0 Å². The van der Waals surface area contributed by atoms with Gasteiger partial charge in [0.05, 0.1) is 11.3 Å². The number of ether oxygens (including phenoxy) is 1. The monoisotopic (exact) mass is 482 g/mol. The Hall–Kier alpha value is -3.62. The van der Waals surface area contributed by atoms with Crippen molar-refractivity contribution in [1.29, 1.82) is 0 Å². The van der Waals surface area contributed by atoms with Gasteiger partial charge in [-0.1, -0.05) is 18.2 Å². The zero-order chi connectivity index (χ0) is 26.6. The predicted octanol–water partition coefficient (Wildman–Crippen LogP) is 4.38. The number of nitrogens with one attached hydrogen (secondary N) is 1. The van der Waals surface area contributed by atoms with Gasteiger partial charge in [-0.05, 0) is 91.9 Å². The number of halogens is 1. The summed E-state index contributed by atoms with van der Waals surface area (Å²) in [6, 6.07) is 14.5. The molecule has 0 saturated heterocycles. The van der Waals surface area contributed by atoms with E-state index in [0.717, 1.165) is 34.2 Å². The van der Waals surface area contributed by atoms with E-state index in [4.69, 9.17) is 21.0 Å². The number of aromatic nitrogens is 1.